The maximum atomic E-state index is 13.0. The zero-order valence-corrected chi connectivity index (χ0v) is 17.6. The number of nitrogens with one attached hydrogen (secondary N) is 1. The molecule has 1 aliphatic rings. The van der Waals surface area contributed by atoms with E-state index in [9.17, 15) is 9.59 Å². The number of nitrogens with two attached hydrogens (primary N) is 2. The van der Waals surface area contributed by atoms with Gasteiger partial charge in [-0.05, 0) is 47.5 Å². The molecular weight excluding hydrogens is 402 g/mol. The number of anilines is 1. The summed E-state index contributed by atoms with van der Waals surface area (Å²) in [5.41, 5.74) is 15.5. The molecule has 7 heteroatoms. The van der Waals surface area contributed by atoms with Crippen LogP contribution in [-0.4, -0.2) is 48.7 Å². The number of primary amides is 1. The first kappa shape index (κ1) is 21.1. The van der Waals surface area contributed by atoms with Crippen LogP contribution in [0.3, 0.4) is 0 Å². The Kier molecular flexibility index (Phi) is 5.89. The van der Waals surface area contributed by atoms with Crippen LogP contribution in [0.4, 0.5) is 5.69 Å². The molecule has 0 aliphatic carbocycles. The molecule has 0 saturated carbocycles. The van der Waals surface area contributed by atoms with Crippen LogP contribution in [0.15, 0.2) is 72.8 Å². The molecular formula is C25H25N5O2. The molecule has 4 rings (SSSR count). The Balaban J connectivity index is 1.41. The van der Waals surface area contributed by atoms with Gasteiger partial charge in [0, 0.05) is 48.6 Å². The number of carbonyl (C=O) groups excluding carboxylic acids is 2. The fraction of sp³-hybridized carbons (Fsp3) is 0.160. The Hall–Kier alpha value is -4.13. The van der Waals surface area contributed by atoms with Gasteiger partial charge in [0.05, 0.1) is 0 Å². The number of rotatable bonds is 5. The van der Waals surface area contributed by atoms with Crippen molar-refractivity contribution in [2.45, 2.75) is 0 Å². The predicted molar refractivity (Wildman–Crippen MR) is 126 cm³/mol. The molecule has 162 valence electrons. The fourth-order valence-electron chi connectivity index (χ4n) is 3.88. The van der Waals surface area contributed by atoms with E-state index in [-0.39, 0.29) is 11.7 Å². The van der Waals surface area contributed by atoms with Crippen molar-refractivity contribution in [3.05, 3.63) is 89.5 Å². The highest BCUT2D eigenvalue weighted by atomic mass is 16.2. The van der Waals surface area contributed by atoms with Gasteiger partial charge in [-0.15, -0.1) is 0 Å². The maximum Gasteiger partial charge on any atom is 0.253 e. The molecule has 5 N–H and O–H groups in total. The lowest BCUT2D eigenvalue weighted by molar-refractivity contribution is 0.0746. The largest absolute Gasteiger partial charge is 0.384 e. The molecule has 0 bridgehead atoms. The molecule has 1 aliphatic heterocycles. The summed E-state index contributed by atoms with van der Waals surface area (Å²) >= 11 is 0. The standard InChI is InChI=1S/C25H25N5O2/c26-23(27)20-4-2-6-22(16-20)29-11-13-30(14-12-29)25(32)18-9-7-17(8-10-18)19-3-1-5-21(15-19)24(28)31/h1-10,15-16H,11-14H2,(H3,26,27)(H2,28,31). The van der Waals surface area contributed by atoms with Crippen molar-refractivity contribution in [2.24, 2.45) is 11.5 Å². The first-order valence-corrected chi connectivity index (χ1v) is 10.4. The number of nitrogens with zero attached hydrogens (tertiary/aromatic N) is 2. The Morgan fingerprint density at radius 2 is 1.38 bits per heavy atom. The molecule has 1 saturated heterocycles. The zero-order valence-electron chi connectivity index (χ0n) is 17.6. The second-order valence-electron chi connectivity index (χ2n) is 7.77. The van der Waals surface area contributed by atoms with Gasteiger partial charge in [-0.2, -0.15) is 0 Å². The van der Waals surface area contributed by atoms with Gasteiger partial charge < -0.3 is 21.3 Å². The second kappa shape index (κ2) is 8.93. The normalized spacial score (nSPS) is 13.6. The van der Waals surface area contributed by atoms with Gasteiger partial charge in [0.25, 0.3) is 5.91 Å². The van der Waals surface area contributed by atoms with Gasteiger partial charge in [0.15, 0.2) is 0 Å². The summed E-state index contributed by atoms with van der Waals surface area (Å²) in [6.07, 6.45) is 0. The minimum absolute atomic E-state index is 0.000395. The summed E-state index contributed by atoms with van der Waals surface area (Å²) in [6, 6.07) is 22.1. The van der Waals surface area contributed by atoms with E-state index in [0.717, 1.165) is 16.8 Å². The van der Waals surface area contributed by atoms with Crippen molar-refractivity contribution >= 4 is 23.3 Å². The Morgan fingerprint density at radius 1 is 0.719 bits per heavy atom. The van der Waals surface area contributed by atoms with Gasteiger partial charge in [-0.25, -0.2) is 0 Å². The van der Waals surface area contributed by atoms with Crippen molar-refractivity contribution in [1.29, 1.82) is 5.41 Å². The summed E-state index contributed by atoms with van der Waals surface area (Å²) in [5.74, 6) is -0.421. The van der Waals surface area contributed by atoms with E-state index < -0.39 is 5.91 Å². The second-order valence-corrected chi connectivity index (χ2v) is 7.77. The SMILES string of the molecule is N=C(N)c1cccc(N2CCN(C(=O)c3ccc(-c4cccc(C(N)=O)c4)cc3)CC2)c1. The van der Waals surface area contributed by atoms with Gasteiger partial charge in [-0.3, -0.25) is 15.0 Å². The van der Waals surface area contributed by atoms with E-state index in [4.69, 9.17) is 16.9 Å². The third-order valence-corrected chi connectivity index (χ3v) is 5.70. The van der Waals surface area contributed by atoms with E-state index in [2.05, 4.69) is 4.90 Å². The van der Waals surface area contributed by atoms with Crippen LogP contribution in [0, 0.1) is 5.41 Å². The van der Waals surface area contributed by atoms with Crippen LogP contribution < -0.4 is 16.4 Å². The number of amides is 2. The third-order valence-electron chi connectivity index (χ3n) is 5.70. The number of nitrogen functional groups attached to an aromatic ring is 1. The first-order valence-electron chi connectivity index (χ1n) is 10.4. The van der Waals surface area contributed by atoms with Gasteiger partial charge in [0.2, 0.25) is 5.91 Å². The van der Waals surface area contributed by atoms with E-state index in [0.29, 0.717) is 42.9 Å². The zero-order chi connectivity index (χ0) is 22.7. The van der Waals surface area contributed by atoms with Crippen molar-refractivity contribution < 1.29 is 9.59 Å². The third kappa shape index (κ3) is 4.46. The van der Waals surface area contributed by atoms with Crippen LogP contribution in [-0.2, 0) is 0 Å². The van der Waals surface area contributed by atoms with E-state index in [1.807, 2.05) is 59.5 Å². The molecule has 2 amide bonds. The monoisotopic (exact) mass is 427 g/mol. The van der Waals surface area contributed by atoms with Crippen LogP contribution in [0.1, 0.15) is 26.3 Å². The molecule has 0 unspecified atom stereocenters. The summed E-state index contributed by atoms with van der Waals surface area (Å²) < 4.78 is 0. The van der Waals surface area contributed by atoms with Crippen LogP contribution >= 0.6 is 0 Å². The lowest BCUT2D eigenvalue weighted by Crippen LogP contribution is -2.48. The Morgan fingerprint density at radius 3 is 2.03 bits per heavy atom. The van der Waals surface area contributed by atoms with Crippen LogP contribution in [0.5, 0.6) is 0 Å². The molecule has 0 atom stereocenters. The Bertz CT molecular complexity index is 1160. The summed E-state index contributed by atoms with van der Waals surface area (Å²) in [4.78, 5) is 28.5. The lowest BCUT2D eigenvalue weighted by Gasteiger charge is -2.36. The summed E-state index contributed by atoms with van der Waals surface area (Å²) in [6.45, 7) is 2.66. The molecule has 0 radical (unpaired) electrons. The fourth-order valence-corrected chi connectivity index (χ4v) is 3.88. The van der Waals surface area contributed by atoms with Crippen LogP contribution in [0.25, 0.3) is 11.1 Å². The number of hydrogen-bond donors (Lipinski definition) is 3. The Labute approximate surface area is 186 Å². The predicted octanol–water partition coefficient (Wildman–Crippen LogP) is 2.70. The number of hydrogen-bond acceptors (Lipinski definition) is 4. The molecule has 3 aromatic rings. The molecule has 1 fully saturated rings. The highest BCUT2D eigenvalue weighted by molar-refractivity contribution is 5.96. The number of amidine groups is 1. The van der Waals surface area contributed by atoms with E-state index in [1.54, 1.807) is 18.2 Å². The average molecular weight is 428 g/mol. The number of piperazine rings is 1. The van der Waals surface area contributed by atoms with Crippen LogP contribution in [0.2, 0.25) is 0 Å². The van der Waals surface area contributed by atoms with E-state index >= 15 is 0 Å². The van der Waals surface area contributed by atoms with Gasteiger partial charge in [-0.1, -0.05) is 36.4 Å². The first-order chi connectivity index (χ1) is 15.4. The van der Waals surface area contributed by atoms with Gasteiger partial charge in [0.1, 0.15) is 5.84 Å². The van der Waals surface area contributed by atoms with Crippen molar-refractivity contribution in [2.75, 3.05) is 31.1 Å². The van der Waals surface area contributed by atoms with Crippen molar-refractivity contribution in [3.8, 4) is 11.1 Å². The van der Waals surface area contributed by atoms with E-state index in [1.165, 1.54) is 0 Å². The number of benzene rings is 3. The summed E-state index contributed by atoms with van der Waals surface area (Å²) in [5, 5.41) is 7.61. The molecule has 1 heterocycles. The smallest absolute Gasteiger partial charge is 0.253 e. The minimum atomic E-state index is -0.467. The molecule has 7 nitrogen and oxygen atoms in total. The molecule has 0 spiro atoms. The minimum Gasteiger partial charge on any atom is -0.384 e. The number of carbonyl (C=O) groups is 2. The molecule has 3 aromatic carbocycles. The van der Waals surface area contributed by atoms with Crippen molar-refractivity contribution in [1.82, 2.24) is 4.90 Å². The molecule has 32 heavy (non-hydrogen) atoms. The summed E-state index contributed by atoms with van der Waals surface area (Å²) in [7, 11) is 0. The van der Waals surface area contributed by atoms with Gasteiger partial charge >= 0.3 is 0 Å². The quantitative estimate of drug-likeness (QED) is 0.429. The highest BCUT2D eigenvalue weighted by Crippen LogP contribution is 2.23. The molecule has 0 aromatic heterocycles. The highest BCUT2D eigenvalue weighted by Gasteiger charge is 2.22. The topological polar surface area (TPSA) is 117 Å². The lowest BCUT2D eigenvalue weighted by atomic mass is 10.0. The maximum absolute atomic E-state index is 13.0. The van der Waals surface area contributed by atoms with Crippen molar-refractivity contribution in [3.63, 3.8) is 0 Å². The average Bonchev–Trinajstić information content (AvgIpc) is 2.84.